The minimum Gasteiger partial charge on any atom is -0.506 e. The smallest absolute Gasteiger partial charge is 0.228 e. The Bertz CT molecular complexity index is 495. The van der Waals surface area contributed by atoms with Crippen molar-refractivity contribution in [3.8, 4) is 5.75 Å². The Morgan fingerprint density at radius 3 is 2.28 bits per heavy atom. The van der Waals surface area contributed by atoms with Gasteiger partial charge < -0.3 is 10.4 Å². The highest BCUT2D eigenvalue weighted by atomic mass is 35.5. The first-order valence-corrected chi connectivity index (χ1v) is 6.35. The minimum absolute atomic E-state index is 0.00551. The molecule has 1 aromatic rings. The van der Waals surface area contributed by atoms with Gasteiger partial charge in [0.1, 0.15) is 5.75 Å². The number of hydrogen-bond donors (Lipinski definition) is 2. The Morgan fingerprint density at radius 2 is 1.83 bits per heavy atom. The predicted octanol–water partition coefficient (Wildman–Crippen LogP) is 3.67. The van der Waals surface area contributed by atoms with Gasteiger partial charge in [-0.25, -0.2) is 0 Å². The number of carbonyl (C=O) groups excluding carboxylic acids is 1. The van der Waals surface area contributed by atoms with Crippen LogP contribution < -0.4 is 5.32 Å². The van der Waals surface area contributed by atoms with Crippen LogP contribution in [0.2, 0.25) is 5.02 Å². The van der Waals surface area contributed by atoms with Gasteiger partial charge in [-0.2, -0.15) is 0 Å². The third kappa shape index (κ3) is 1.87. The number of phenols is 1. The van der Waals surface area contributed by atoms with Crippen LogP contribution >= 0.6 is 11.6 Å². The van der Waals surface area contributed by atoms with Crippen LogP contribution in [0.1, 0.15) is 27.7 Å². The van der Waals surface area contributed by atoms with Crippen molar-refractivity contribution in [3.63, 3.8) is 0 Å². The standard InChI is InChI=1S/C14H18ClNO2/c1-13(2)11(14(13,3)4)12(18)16-8-5-6-9(15)10(17)7-8/h5-7,11,17H,1-4H3,(H,16,18). The molecule has 0 saturated heterocycles. The predicted molar refractivity (Wildman–Crippen MR) is 72.8 cm³/mol. The Kier molecular flexibility index (Phi) is 2.85. The van der Waals surface area contributed by atoms with Gasteiger partial charge in [0.15, 0.2) is 0 Å². The number of anilines is 1. The number of carbonyl (C=O) groups is 1. The molecule has 1 amide bonds. The van der Waals surface area contributed by atoms with E-state index >= 15 is 0 Å². The Balaban J connectivity index is 2.12. The third-order valence-electron chi connectivity index (χ3n) is 4.50. The molecule has 2 N–H and O–H groups in total. The molecule has 1 aromatic carbocycles. The van der Waals surface area contributed by atoms with Crippen molar-refractivity contribution >= 4 is 23.2 Å². The summed E-state index contributed by atoms with van der Waals surface area (Å²) in [7, 11) is 0. The van der Waals surface area contributed by atoms with E-state index in [4.69, 9.17) is 11.6 Å². The van der Waals surface area contributed by atoms with Crippen LogP contribution in [0.4, 0.5) is 5.69 Å². The van der Waals surface area contributed by atoms with Crippen LogP contribution in [-0.2, 0) is 4.79 Å². The Labute approximate surface area is 112 Å². The summed E-state index contributed by atoms with van der Waals surface area (Å²) in [6.45, 7) is 8.38. The molecule has 0 bridgehead atoms. The fourth-order valence-corrected chi connectivity index (χ4v) is 2.77. The van der Waals surface area contributed by atoms with Gasteiger partial charge in [-0.15, -0.1) is 0 Å². The van der Waals surface area contributed by atoms with Gasteiger partial charge in [0.05, 0.1) is 5.02 Å². The maximum absolute atomic E-state index is 12.2. The molecule has 0 heterocycles. The van der Waals surface area contributed by atoms with Crippen LogP contribution in [0.3, 0.4) is 0 Å². The first kappa shape index (κ1) is 13.2. The normalized spacial score (nSPS) is 20.5. The van der Waals surface area contributed by atoms with E-state index in [9.17, 15) is 9.90 Å². The molecule has 1 fully saturated rings. The molecule has 0 spiro atoms. The van der Waals surface area contributed by atoms with Gasteiger partial charge in [-0.1, -0.05) is 39.3 Å². The van der Waals surface area contributed by atoms with Crippen molar-refractivity contribution in [1.29, 1.82) is 0 Å². The van der Waals surface area contributed by atoms with E-state index in [-0.39, 0.29) is 33.4 Å². The Hall–Kier alpha value is -1.22. The van der Waals surface area contributed by atoms with Gasteiger partial charge in [-0.05, 0) is 23.0 Å². The third-order valence-corrected chi connectivity index (χ3v) is 4.82. The van der Waals surface area contributed by atoms with Gasteiger partial charge in [0.25, 0.3) is 0 Å². The summed E-state index contributed by atoms with van der Waals surface area (Å²) in [6.07, 6.45) is 0. The van der Waals surface area contributed by atoms with Crippen molar-refractivity contribution in [2.45, 2.75) is 27.7 Å². The first-order valence-electron chi connectivity index (χ1n) is 5.97. The zero-order valence-electron chi connectivity index (χ0n) is 11.0. The van der Waals surface area contributed by atoms with Crippen molar-refractivity contribution in [2.24, 2.45) is 16.7 Å². The van der Waals surface area contributed by atoms with E-state index in [0.29, 0.717) is 5.69 Å². The molecule has 1 aliphatic rings. The highest BCUT2D eigenvalue weighted by Gasteiger charge is 2.68. The molecule has 0 atom stereocenters. The molecule has 4 heteroatoms. The quantitative estimate of drug-likeness (QED) is 0.859. The molecule has 1 saturated carbocycles. The first-order chi connectivity index (χ1) is 8.18. The van der Waals surface area contributed by atoms with Gasteiger partial charge in [-0.3, -0.25) is 4.79 Å². The minimum atomic E-state index is -0.0243. The lowest BCUT2D eigenvalue weighted by molar-refractivity contribution is -0.118. The average Bonchev–Trinajstić information content (AvgIpc) is 2.63. The summed E-state index contributed by atoms with van der Waals surface area (Å²) in [5.41, 5.74) is 0.581. The number of aromatic hydroxyl groups is 1. The summed E-state index contributed by atoms with van der Waals surface area (Å²) in [6, 6.07) is 4.71. The topological polar surface area (TPSA) is 49.3 Å². The largest absolute Gasteiger partial charge is 0.506 e. The molecular formula is C14H18ClNO2. The number of hydrogen-bond acceptors (Lipinski definition) is 2. The van der Waals surface area contributed by atoms with E-state index < -0.39 is 0 Å². The highest BCUT2D eigenvalue weighted by Crippen LogP contribution is 2.68. The van der Waals surface area contributed by atoms with Crippen LogP contribution in [-0.4, -0.2) is 11.0 Å². The van der Waals surface area contributed by atoms with Crippen LogP contribution in [0.15, 0.2) is 18.2 Å². The monoisotopic (exact) mass is 267 g/mol. The fourth-order valence-electron chi connectivity index (χ4n) is 2.66. The molecule has 1 aliphatic carbocycles. The van der Waals surface area contributed by atoms with Gasteiger partial charge >= 0.3 is 0 Å². The number of phenolic OH excluding ortho intramolecular Hbond substituents is 1. The second-order valence-corrected chi connectivity index (χ2v) is 6.44. The summed E-state index contributed by atoms with van der Waals surface area (Å²) in [5.74, 6) is -0.0432. The SMILES string of the molecule is CC1(C)C(C(=O)Nc2ccc(Cl)c(O)c2)C1(C)C. The molecule has 18 heavy (non-hydrogen) atoms. The van der Waals surface area contributed by atoms with Crippen LogP contribution in [0.5, 0.6) is 5.75 Å². The van der Waals surface area contributed by atoms with Crippen LogP contribution in [0.25, 0.3) is 0 Å². The zero-order chi connectivity index (χ0) is 13.7. The van der Waals surface area contributed by atoms with E-state index in [1.165, 1.54) is 6.07 Å². The number of benzene rings is 1. The van der Waals surface area contributed by atoms with E-state index in [1.807, 2.05) is 0 Å². The number of nitrogens with one attached hydrogen (secondary N) is 1. The number of halogens is 1. The molecule has 98 valence electrons. The Morgan fingerprint density at radius 1 is 1.28 bits per heavy atom. The lowest BCUT2D eigenvalue weighted by atomic mass is 10.0. The second-order valence-electron chi connectivity index (χ2n) is 6.03. The second kappa shape index (κ2) is 3.89. The molecule has 0 aromatic heterocycles. The van der Waals surface area contributed by atoms with Gasteiger partial charge in [0.2, 0.25) is 5.91 Å². The highest BCUT2D eigenvalue weighted by molar-refractivity contribution is 6.32. The molecule has 0 unspecified atom stereocenters. The summed E-state index contributed by atoms with van der Waals surface area (Å²) in [5, 5.41) is 12.6. The number of amides is 1. The average molecular weight is 268 g/mol. The van der Waals surface area contributed by atoms with E-state index in [1.54, 1.807) is 12.1 Å². The zero-order valence-corrected chi connectivity index (χ0v) is 11.8. The van der Waals surface area contributed by atoms with Gasteiger partial charge in [0, 0.05) is 17.7 Å². The number of rotatable bonds is 2. The van der Waals surface area contributed by atoms with Crippen molar-refractivity contribution in [3.05, 3.63) is 23.2 Å². The lowest BCUT2D eigenvalue weighted by Crippen LogP contribution is -2.17. The summed E-state index contributed by atoms with van der Waals surface area (Å²) in [4.78, 5) is 12.2. The lowest BCUT2D eigenvalue weighted by Gasteiger charge is -2.07. The van der Waals surface area contributed by atoms with E-state index in [0.717, 1.165) is 0 Å². The maximum atomic E-state index is 12.2. The molecule has 0 aliphatic heterocycles. The van der Waals surface area contributed by atoms with Crippen molar-refractivity contribution in [2.75, 3.05) is 5.32 Å². The molecule has 0 radical (unpaired) electrons. The molecule has 2 rings (SSSR count). The fraction of sp³-hybridized carbons (Fsp3) is 0.500. The molecular weight excluding hydrogens is 250 g/mol. The molecule has 3 nitrogen and oxygen atoms in total. The van der Waals surface area contributed by atoms with Crippen LogP contribution in [0, 0.1) is 16.7 Å². The van der Waals surface area contributed by atoms with Crippen molar-refractivity contribution < 1.29 is 9.90 Å². The van der Waals surface area contributed by atoms with Crippen molar-refractivity contribution in [1.82, 2.24) is 0 Å². The summed E-state index contributed by atoms with van der Waals surface area (Å²) >= 11 is 5.72. The summed E-state index contributed by atoms with van der Waals surface area (Å²) < 4.78 is 0. The maximum Gasteiger partial charge on any atom is 0.228 e. The van der Waals surface area contributed by atoms with E-state index in [2.05, 4.69) is 33.0 Å².